The van der Waals surface area contributed by atoms with E-state index in [9.17, 15) is 15.0 Å². The summed E-state index contributed by atoms with van der Waals surface area (Å²) in [5.41, 5.74) is -1.97. The molecule has 2 N–H and O–H groups in total. The van der Waals surface area contributed by atoms with Crippen LogP contribution in [0.4, 0.5) is 4.79 Å². The number of carbonyl (C=O) groups excluding carboxylic acids is 1. The minimum Gasteiger partial charge on any atom is -0.444 e. The van der Waals surface area contributed by atoms with Gasteiger partial charge in [-0.1, -0.05) is 50.0 Å². The third-order valence-corrected chi connectivity index (χ3v) is 6.11. The van der Waals surface area contributed by atoms with Gasteiger partial charge in [-0.05, 0) is 64.3 Å². The lowest BCUT2D eigenvalue weighted by molar-refractivity contribution is -0.169. The average molecular weight is 508 g/mol. The number of aliphatic hydroxyl groups is 2. The Morgan fingerprint density at radius 3 is 2.16 bits per heavy atom. The summed E-state index contributed by atoms with van der Waals surface area (Å²) in [6.07, 6.45) is -0.783. The summed E-state index contributed by atoms with van der Waals surface area (Å²) in [6, 6.07) is 4.90. The molecule has 0 aliphatic heterocycles. The maximum absolute atomic E-state index is 13.4. The van der Waals surface area contributed by atoms with Gasteiger partial charge in [0.2, 0.25) is 9.04 Å². The van der Waals surface area contributed by atoms with Crippen molar-refractivity contribution in [3.8, 4) is 0 Å². The minimum atomic E-state index is -1.61. The number of carbonyl (C=O) groups is 1. The lowest BCUT2D eigenvalue weighted by atomic mass is 9.85. The Labute approximate surface area is 204 Å². The van der Waals surface area contributed by atoms with Crippen molar-refractivity contribution in [1.82, 2.24) is 4.90 Å². The quantitative estimate of drug-likeness (QED) is 0.325. The Bertz CT molecular complexity index is 764. The smallest absolute Gasteiger partial charge is 0.412 e. The molecule has 32 heavy (non-hydrogen) atoms. The predicted molar refractivity (Wildman–Crippen MR) is 131 cm³/mol. The van der Waals surface area contributed by atoms with Gasteiger partial charge in [-0.15, -0.1) is 0 Å². The number of halogens is 2. The summed E-state index contributed by atoms with van der Waals surface area (Å²) < 4.78 is 12.1. The molecule has 0 aromatic heterocycles. The summed E-state index contributed by atoms with van der Waals surface area (Å²) in [4.78, 5) is 14.6. The van der Waals surface area contributed by atoms with Gasteiger partial charge in [-0.3, -0.25) is 4.90 Å². The first-order chi connectivity index (χ1) is 14.5. The van der Waals surface area contributed by atoms with E-state index in [0.29, 0.717) is 23.4 Å². The highest BCUT2D eigenvalue weighted by Gasteiger charge is 2.50. The second-order valence-electron chi connectivity index (χ2n) is 10.3. The molecule has 0 aliphatic carbocycles. The van der Waals surface area contributed by atoms with E-state index < -0.39 is 32.6 Å². The normalized spacial score (nSPS) is 15.4. The number of rotatable bonds is 9. The lowest BCUT2D eigenvalue weighted by Gasteiger charge is -2.48. The monoisotopic (exact) mass is 506 g/mol. The molecule has 1 rings (SSSR count). The molecule has 0 saturated carbocycles. The zero-order valence-corrected chi connectivity index (χ0v) is 23.0. The van der Waals surface area contributed by atoms with Crippen molar-refractivity contribution in [3.05, 3.63) is 33.8 Å². The fourth-order valence-corrected chi connectivity index (χ4v) is 4.60. The standard InChI is InChI=1S/C23H38Cl2NO5Si/c1-21(2,3)12-11-19(28)23(31-32(7)8,16-9-10-17(24)18(25)15-16)26(13-14-27)20(29)30-22(4,5)6/h9-10,15,19,27-28H,11-14H2,1-8H3/t19-,23?/m1/s1. The first kappa shape index (κ1) is 29.2. The Morgan fingerprint density at radius 1 is 1.12 bits per heavy atom. The summed E-state index contributed by atoms with van der Waals surface area (Å²) in [5, 5.41) is 22.1. The van der Waals surface area contributed by atoms with E-state index in [2.05, 4.69) is 20.8 Å². The van der Waals surface area contributed by atoms with Gasteiger partial charge >= 0.3 is 6.09 Å². The van der Waals surface area contributed by atoms with Gasteiger partial charge in [0.1, 0.15) is 11.7 Å². The molecule has 0 fully saturated rings. The van der Waals surface area contributed by atoms with Crippen molar-refractivity contribution >= 4 is 38.3 Å². The minimum absolute atomic E-state index is 0.0513. The van der Waals surface area contributed by atoms with E-state index in [0.717, 1.165) is 0 Å². The van der Waals surface area contributed by atoms with Crippen LogP contribution in [0.25, 0.3) is 0 Å². The van der Waals surface area contributed by atoms with E-state index in [1.54, 1.807) is 39.0 Å². The molecule has 0 heterocycles. The molecule has 0 bridgehead atoms. The molecular weight excluding hydrogens is 469 g/mol. The third-order valence-electron chi connectivity index (χ3n) is 4.65. The first-order valence-corrected chi connectivity index (χ1v) is 13.9. The Morgan fingerprint density at radius 2 is 1.72 bits per heavy atom. The van der Waals surface area contributed by atoms with Crippen LogP contribution in [0, 0.1) is 5.41 Å². The van der Waals surface area contributed by atoms with Crippen LogP contribution in [0.5, 0.6) is 0 Å². The van der Waals surface area contributed by atoms with Gasteiger partial charge in [-0.25, -0.2) is 4.79 Å². The van der Waals surface area contributed by atoms with Crippen LogP contribution >= 0.6 is 23.2 Å². The molecule has 1 amide bonds. The van der Waals surface area contributed by atoms with E-state index in [-0.39, 0.29) is 23.6 Å². The molecule has 0 aliphatic rings. The molecule has 183 valence electrons. The van der Waals surface area contributed by atoms with Gasteiger partial charge in [0, 0.05) is 5.56 Å². The maximum atomic E-state index is 13.4. The van der Waals surface area contributed by atoms with Crippen molar-refractivity contribution < 1.29 is 24.2 Å². The molecule has 0 saturated heterocycles. The Kier molecular flexibility index (Phi) is 10.5. The number of hydrogen-bond acceptors (Lipinski definition) is 5. The van der Waals surface area contributed by atoms with Gasteiger partial charge in [0.25, 0.3) is 0 Å². The number of aliphatic hydroxyl groups excluding tert-OH is 2. The van der Waals surface area contributed by atoms with Crippen molar-refractivity contribution in [2.45, 2.75) is 84.9 Å². The molecule has 1 aromatic carbocycles. The molecule has 9 heteroatoms. The Balaban J connectivity index is 3.77. The molecule has 1 radical (unpaired) electrons. The van der Waals surface area contributed by atoms with E-state index in [1.165, 1.54) is 4.90 Å². The Hall–Kier alpha value is -0.833. The van der Waals surface area contributed by atoms with E-state index in [1.807, 2.05) is 13.1 Å². The summed E-state index contributed by atoms with van der Waals surface area (Å²) in [7, 11) is -1.46. The van der Waals surface area contributed by atoms with Gasteiger partial charge in [0.15, 0.2) is 5.72 Å². The van der Waals surface area contributed by atoms with Crippen LogP contribution in [0.1, 0.15) is 59.9 Å². The van der Waals surface area contributed by atoms with Crippen LogP contribution in [0.2, 0.25) is 23.1 Å². The van der Waals surface area contributed by atoms with Crippen LogP contribution in [-0.4, -0.2) is 55.1 Å². The fourth-order valence-electron chi connectivity index (χ4n) is 3.32. The zero-order chi connectivity index (χ0) is 24.9. The highest BCUT2D eigenvalue weighted by atomic mass is 35.5. The fraction of sp³-hybridized carbons (Fsp3) is 0.696. The van der Waals surface area contributed by atoms with E-state index >= 15 is 0 Å². The van der Waals surface area contributed by atoms with Gasteiger partial charge in [0.05, 0.1) is 23.2 Å². The molecular formula is C23H38Cl2NO5Si. The van der Waals surface area contributed by atoms with Crippen LogP contribution in [-0.2, 0) is 14.9 Å². The largest absolute Gasteiger partial charge is 0.444 e. The average Bonchev–Trinajstić information content (AvgIpc) is 2.62. The molecule has 2 atom stereocenters. The number of benzene rings is 1. The molecule has 1 aromatic rings. The zero-order valence-electron chi connectivity index (χ0n) is 20.5. The topological polar surface area (TPSA) is 79.2 Å². The highest BCUT2D eigenvalue weighted by Crippen LogP contribution is 2.41. The SMILES string of the molecule is C[Si](C)OC(c1ccc(Cl)c(Cl)c1)([C@H](O)CCC(C)(C)C)N(CCO)C(=O)OC(C)(C)C. The second kappa shape index (κ2) is 11.5. The number of nitrogens with zero attached hydrogens (tertiary/aromatic N) is 1. The molecule has 0 spiro atoms. The molecule has 1 unspecified atom stereocenters. The first-order valence-electron chi connectivity index (χ1n) is 10.8. The summed E-state index contributed by atoms with van der Waals surface area (Å²) >= 11 is 12.5. The van der Waals surface area contributed by atoms with Crippen molar-refractivity contribution in [1.29, 1.82) is 0 Å². The van der Waals surface area contributed by atoms with Crippen molar-refractivity contribution in [2.75, 3.05) is 13.2 Å². The second-order valence-corrected chi connectivity index (χ2v) is 13.1. The van der Waals surface area contributed by atoms with Crippen LogP contribution < -0.4 is 0 Å². The van der Waals surface area contributed by atoms with Gasteiger partial charge in [-0.2, -0.15) is 0 Å². The van der Waals surface area contributed by atoms with Crippen LogP contribution in [0.3, 0.4) is 0 Å². The maximum Gasteiger partial charge on any atom is 0.412 e. The van der Waals surface area contributed by atoms with Gasteiger partial charge < -0.3 is 19.4 Å². The predicted octanol–water partition coefficient (Wildman–Crippen LogP) is 5.83. The van der Waals surface area contributed by atoms with Crippen molar-refractivity contribution in [3.63, 3.8) is 0 Å². The number of ether oxygens (including phenoxy) is 1. The van der Waals surface area contributed by atoms with Crippen molar-refractivity contribution in [2.24, 2.45) is 5.41 Å². The van der Waals surface area contributed by atoms with Crippen LogP contribution in [0.15, 0.2) is 18.2 Å². The highest BCUT2D eigenvalue weighted by molar-refractivity contribution is 6.48. The summed E-state index contributed by atoms with van der Waals surface area (Å²) in [6.45, 7) is 14.9. The molecule has 6 nitrogen and oxygen atoms in total. The third kappa shape index (κ3) is 8.19. The number of hydrogen-bond donors (Lipinski definition) is 2. The number of amides is 1. The summed E-state index contributed by atoms with van der Waals surface area (Å²) in [5.74, 6) is 0. The van der Waals surface area contributed by atoms with E-state index in [4.69, 9.17) is 32.4 Å². The lowest BCUT2D eigenvalue weighted by Crippen LogP contribution is -2.61.